The zero-order valence-corrected chi connectivity index (χ0v) is 10.4. The van der Waals surface area contributed by atoms with Crippen molar-refractivity contribution in [3.8, 4) is 0 Å². The number of nitrogens with zero attached hydrogens (tertiary/aromatic N) is 1. The van der Waals surface area contributed by atoms with Crippen LogP contribution >= 0.6 is 0 Å². The van der Waals surface area contributed by atoms with Crippen LogP contribution in [0.1, 0.15) is 16.2 Å². The number of nitrogens with one attached hydrogen (secondary N) is 1. The van der Waals surface area contributed by atoms with Gasteiger partial charge in [0.15, 0.2) is 11.3 Å². The van der Waals surface area contributed by atoms with Gasteiger partial charge in [-0.3, -0.25) is 4.79 Å². The van der Waals surface area contributed by atoms with Gasteiger partial charge in [-0.15, -0.1) is 0 Å². The molecule has 1 N–H and O–H groups in total. The zero-order chi connectivity index (χ0) is 13.2. The second kappa shape index (κ2) is 4.57. The Morgan fingerprint density at radius 3 is 2.74 bits per heavy atom. The topological polar surface area (TPSA) is 55.1 Å². The fraction of sp³-hybridized carbons (Fsp3) is 0.0667. The molecule has 1 amide bonds. The first-order chi connectivity index (χ1) is 9.22. The van der Waals surface area contributed by atoms with Gasteiger partial charge in [-0.25, -0.2) is 4.98 Å². The molecule has 1 aromatic carbocycles. The van der Waals surface area contributed by atoms with E-state index in [0.29, 0.717) is 11.1 Å². The molecule has 0 unspecified atom stereocenters. The number of carbonyl (C=O) groups excluding carboxylic acids is 1. The summed E-state index contributed by atoms with van der Waals surface area (Å²) >= 11 is 0. The van der Waals surface area contributed by atoms with Gasteiger partial charge in [0.25, 0.3) is 5.91 Å². The summed E-state index contributed by atoms with van der Waals surface area (Å²) in [6.07, 6.45) is 0. The fourth-order valence-corrected chi connectivity index (χ4v) is 1.85. The summed E-state index contributed by atoms with van der Waals surface area (Å²) in [7, 11) is 0. The van der Waals surface area contributed by atoms with Crippen molar-refractivity contribution in [3.63, 3.8) is 0 Å². The van der Waals surface area contributed by atoms with E-state index in [0.717, 1.165) is 11.4 Å². The first-order valence-electron chi connectivity index (χ1n) is 5.96. The van der Waals surface area contributed by atoms with Gasteiger partial charge in [0.05, 0.1) is 0 Å². The lowest BCUT2D eigenvalue weighted by molar-refractivity contribution is 0.0998. The highest BCUT2D eigenvalue weighted by atomic mass is 16.3. The maximum absolute atomic E-state index is 12.0. The van der Waals surface area contributed by atoms with E-state index in [9.17, 15) is 4.79 Å². The molecule has 2 heterocycles. The molecule has 4 nitrogen and oxygen atoms in total. The maximum Gasteiger partial charge on any atom is 0.291 e. The Labute approximate surface area is 110 Å². The Balaban J connectivity index is 1.89. The monoisotopic (exact) mass is 252 g/mol. The van der Waals surface area contributed by atoms with Gasteiger partial charge < -0.3 is 9.73 Å². The van der Waals surface area contributed by atoms with Crippen molar-refractivity contribution in [2.24, 2.45) is 0 Å². The molecule has 3 aromatic rings. The molecular weight excluding hydrogens is 240 g/mol. The molecule has 0 spiro atoms. The van der Waals surface area contributed by atoms with E-state index in [1.807, 2.05) is 49.4 Å². The van der Waals surface area contributed by atoms with Crippen molar-refractivity contribution < 1.29 is 9.21 Å². The Hall–Kier alpha value is -2.62. The fourth-order valence-electron chi connectivity index (χ4n) is 1.85. The molecule has 0 fully saturated rings. The first-order valence-corrected chi connectivity index (χ1v) is 5.96. The number of benzene rings is 1. The number of amides is 1. The second-order valence-corrected chi connectivity index (χ2v) is 4.27. The number of carbonyl (C=O) groups is 1. The average Bonchev–Trinajstić information content (AvgIpc) is 2.83. The quantitative estimate of drug-likeness (QED) is 0.760. The van der Waals surface area contributed by atoms with Crippen LogP contribution in [0.5, 0.6) is 0 Å². The normalized spacial score (nSPS) is 10.6. The number of hydrogen-bond acceptors (Lipinski definition) is 3. The molecule has 0 aliphatic rings. The smallest absolute Gasteiger partial charge is 0.291 e. The molecule has 4 heteroatoms. The van der Waals surface area contributed by atoms with Crippen LogP contribution in [0, 0.1) is 6.92 Å². The van der Waals surface area contributed by atoms with Crippen LogP contribution in [0.3, 0.4) is 0 Å². The summed E-state index contributed by atoms with van der Waals surface area (Å²) in [5.74, 6) is -0.0150. The van der Waals surface area contributed by atoms with Gasteiger partial charge in [0.2, 0.25) is 0 Å². The minimum absolute atomic E-state index is 0.261. The van der Waals surface area contributed by atoms with E-state index in [4.69, 9.17) is 4.42 Å². The Bertz CT molecular complexity index is 732. The third kappa shape index (κ3) is 2.33. The third-order valence-corrected chi connectivity index (χ3v) is 2.77. The Kier molecular flexibility index (Phi) is 2.76. The predicted molar refractivity (Wildman–Crippen MR) is 73.1 cm³/mol. The molecule has 0 aliphatic heterocycles. The molecule has 0 aliphatic carbocycles. The van der Waals surface area contributed by atoms with Crippen LogP contribution in [0.4, 0.5) is 5.69 Å². The van der Waals surface area contributed by atoms with E-state index < -0.39 is 0 Å². The van der Waals surface area contributed by atoms with Crippen molar-refractivity contribution in [2.45, 2.75) is 6.92 Å². The van der Waals surface area contributed by atoms with E-state index in [-0.39, 0.29) is 11.7 Å². The van der Waals surface area contributed by atoms with Crippen LogP contribution in [0.25, 0.3) is 11.1 Å². The largest absolute Gasteiger partial charge is 0.449 e. The average molecular weight is 252 g/mol. The number of para-hydroxylation sites is 1. The molecule has 0 saturated heterocycles. The standard InChI is InChI=1S/C15H12N2O2/c1-10-7-8-13-12(16-10)9-14(19-13)15(18)17-11-5-3-2-4-6-11/h2-9H,1H3,(H,17,18). The van der Waals surface area contributed by atoms with Crippen molar-refractivity contribution in [3.05, 3.63) is 60.0 Å². The minimum atomic E-state index is -0.276. The van der Waals surface area contributed by atoms with Gasteiger partial charge in [0, 0.05) is 17.4 Å². The highest BCUT2D eigenvalue weighted by Crippen LogP contribution is 2.19. The summed E-state index contributed by atoms with van der Waals surface area (Å²) < 4.78 is 5.48. The summed E-state index contributed by atoms with van der Waals surface area (Å²) in [5, 5.41) is 2.77. The first kappa shape index (κ1) is 11.5. The summed E-state index contributed by atoms with van der Waals surface area (Å²) in [6.45, 7) is 1.90. The molecule has 0 atom stereocenters. The molecular formula is C15H12N2O2. The Morgan fingerprint density at radius 2 is 1.95 bits per heavy atom. The van der Waals surface area contributed by atoms with Crippen molar-refractivity contribution in [1.82, 2.24) is 4.98 Å². The van der Waals surface area contributed by atoms with Crippen molar-refractivity contribution >= 4 is 22.7 Å². The molecule has 0 saturated carbocycles. The van der Waals surface area contributed by atoms with E-state index in [1.165, 1.54) is 0 Å². The van der Waals surface area contributed by atoms with Gasteiger partial charge in [-0.05, 0) is 31.2 Å². The number of pyridine rings is 1. The van der Waals surface area contributed by atoms with E-state index in [2.05, 4.69) is 10.3 Å². The van der Waals surface area contributed by atoms with Crippen molar-refractivity contribution in [2.75, 3.05) is 5.32 Å². The minimum Gasteiger partial charge on any atom is -0.449 e. The van der Waals surface area contributed by atoms with Crippen molar-refractivity contribution in [1.29, 1.82) is 0 Å². The van der Waals surface area contributed by atoms with Gasteiger partial charge in [-0.2, -0.15) is 0 Å². The summed E-state index contributed by atoms with van der Waals surface area (Å²) in [5.41, 5.74) is 2.93. The number of hydrogen-bond donors (Lipinski definition) is 1. The van der Waals surface area contributed by atoms with Gasteiger partial charge >= 0.3 is 0 Å². The lowest BCUT2D eigenvalue weighted by atomic mass is 10.3. The van der Waals surface area contributed by atoms with E-state index in [1.54, 1.807) is 6.07 Å². The third-order valence-electron chi connectivity index (χ3n) is 2.77. The SMILES string of the molecule is Cc1ccc2oc(C(=O)Nc3ccccc3)cc2n1. The second-order valence-electron chi connectivity index (χ2n) is 4.27. The number of anilines is 1. The Morgan fingerprint density at radius 1 is 1.16 bits per heavy atom. The molecule has 2 aromatic heterocycles. The number of aryl methyl sites for hydroxylation is 1. The molecule has 19 heavy (non-hydrogen) atoms. The van der Waals surface area contributed by atoms with E-state index >= 15 is 0 Å². The maximum atomic E-state index is 12.0. The van der Waals surface area contributed by atoms with Crippen LogP contribution in [0.15, 0.2) is 52.9 Å². The van der Waals surface area contributed by atoms with Gasteiger partial charge in [-0.1, -0.05) is 18.2 Å². The lowest BCUT2D eigenvalue weighted by Crippen LogP contribution is -2.10. The predicted octanol–water partition coefficient (Wildman–Crippen LogP) is 3.39. The van der Waals surface area contributed by atoms with Crippen LogP contribution in [0.2, 0.25) is 0 Å². The number of rotatable bonds is 2. The van der Waals surface area contributed by atoms with Gasteiger partial charge in [0.1, 0.15) is 5.52 Å². The molecule has 0 bridgehead atoms. The highest BCUT2D eigenvalue weighted by molar-refractivity contribution is 6.04. The number of furan rings is 1. The molecule has 3 rings (SSSR count). The molecule has 0 radical (unpaired) electrons. The lowest BCUT2D eigenvalue weighted by Gasteiger charge is -2.01. The number of aromatic nitrogens is 1. The van der Waals surface area contributed by atoms with Crippen LogP contribution < -0.4 is 5.32 Å². The summed E-state index contributed by atoms with van der Waals surface area (Å²) in [6, 6.07) is 14.6. The highest BCUT2D eigenvalue weighted by Gasteiger charge is 2.13. The number of fused-ring (bicyclic) bond motifs is 1. The summed E-state index contributed by atoms with van der Waals surface area (Å²) in [4.78, 5) is 16.3. The van der Waals surface area contributed by atoms with Crippen LogP contribution in [-0.2, 0) is 0 Å². The molecule has 94 valence electrons. The zero-order valence-electron chi connectivity index (χ0n) is 10.4. The van der Waals surface area contributed by atoms with Crippen LogP contribution in [-0.4, -0.2) is 10.9 Å².